The van der Waals surface area contributed by atoms with Gasteiger partial charge in [-0.05, 0) is 19.3 Å². The van der Waals surface area contributed by atoms with E-state index in [0.29, 0.717) is 19.5 Å². The van der Waals surface area contributed by atoms with Crippen LogP contribution < -0.4 is 5.32 Å². The summed E-state index contributed by atoms with van der Waals surface area (Å²) in [5.41, 5.74) is 0. The Morgan fingerprint density at radius 2 is 1.90 bits per heavy atom. The Labute approximate surface area is 123 Å². The maximum absolute atomic E-state index is 12.2. The molecule has 2 heterocycles. The first-order valence-corrected chi connectivity index (χ1v) is 7.69. The molecule has 0 bridgehead atoms. The van der Waals surface area contributed by atoms with Crippen LogP contribution >= 0.6 is 0 Å². The third kappa shape index (κ3) is 2.96. The summed E-state index contributed by atoms with van der Waals surface area (Å²) in [4.78, 5) is 38.2. The van der Waals surface area contributed by atoms with Crippen LogP contribution in [-0.2, 0) is 9.53 Å². The molecular formula is C14H21N3O4. The standard InChI is InChI=1S/C14H21N3O4/c18-12-9-21-14(20)17(12)11-6-7-16(8-11)13(19)15-10-4-2-1-3-5-10/h10-11H,1-9H2,(H,15,19)/t11-/m1/s1. The molecule has 0 unspecified atom stereocenters. The molecule has 0 aromatic rings. The second kappa shape index (κ2) is 5.91. The van der Waals surface area contributed by atoms with Crippen molar-refractivity contribution in [3.63, 3.8) is 0 Å². The molecule has 7 nitrogen and oxygen atoms in total. The molecule has 1 saturated carbocycles. The van der Waals surface area contributed by atoms with Gasteiger partial charge >= 0.3 is 12.1 Å². The molecule has 0 spiro atoms. The molecule has 3 fully saturated rings. The Kier molecular flexibility index (Phi) is 3.98. The Balaban J connectivity index is 1.52. The Bertz CT molecular complexity index is 432. The van der Waals surface area contributed by atoms with Crippen molar-refractivity contribution in [2.45, 2.75) is 50.6 Å². The van der Waals surface area contributed by atoms with Gasteiger partial charge in [0.15, 0.2) is 6.61 Å². The Morgan fingerprint density at radius 1 is 1.14 bits per heavy atom. The van der Waals surface area contributed by atoms with Gasteiger partial charge in [0.1, 0.15) is 0 Å². The number of nitrogens with zero attached hydrogens (tertiary/aromatic N) is 2. The molecule has 2 aliphatic heterocycles. The SMILES string of the molecule is O=C(NC1CCCCC1)N1CC[C@@H](N2C(=O)COC2=O)C1. The van der Waals surface area contributed by atoms with E-state index in [1.54, 1.807) is 4.90 Å². The van der Waals surface area contributed by atoms with Gasteiger partial charge in [0.2, 0.25) is 0 Å². The number of hydrogen-bond donors (Lipinski definition) is 1. The van der Waals surface area contributed by atoms with Crippen LogP contribution in [-0.4, -0.2) is 59.6 Å². The molecule has 1 N–H and O–H groups in total. The van der Waals surface area contributed by atoms with Crippen LogP contribution in [0.4, 0.5) is 9.59 Å². The zero-order valence-electron chi connectivity index (χ0n) is 12.0. The van der Waals surface area contributed by atoms with Crippen LogP contribution in [0.5, 0.6) is 0 Å². The molecule has 1 atom stereocenters. The van der Waals surface area contributed by atoms with E-state index in [9.17, 15) is 14.4 Å². The molecule has 0 aromatic heterocycles. The number of urea groups is 1. The zero-order valence-corrected chi connectivity index (χ0v) is 12.0. The lowest BCUT2D eigenvalue weighted by molar-refractivity contribution is -0.127. The second-order valence-electron chi connectivity index (χ2n) is 5.99. The van der Waals surface area contributed by atoms with E-state index in [4.69, 9.17) is 4.74 Å². The Morgan fingerprint density at radius 3 is 2.57 bits per heavy atom. The van der Waals surface area contributed by atoms with Gasteiger partial charge in [-0.2, -0.15) is 0 Å². The van der Waals surface area contributed by atoms with Crippen LogP contribution in [0.2, 0.25) is 0 Å². The lowest BCUT2D eigenvalue weighted by atomic mass is 9.96. The number of amides is 4. The number of rotatable bonds is 2. The van der Waals surface area contributed by atoms with Gasteiger partial charge in [0.25, 0.3) is 5.91 Å². The van der Waals surface area contributed by atoms with Crippen LogP contribution in [0, 0.1) is 0 Å². The van der Waals surface area contributed by atoms with Crippen molar-refractivity contribution >= 4 is 18.0 Å². The minimum Gasteiger partial charge on any atom is -0.439 e. The fourth-order valence-electron chi connectivity index (χ4n) is 3.37. The monoisotopic (exact) mass is 295 g/mol. The smallest absolute Gasteiger partial charge is 0.417 e. The maximum Gasteiger partial charge on any atom is 0.417 e. The van der Waals surface area contributed by atoms with Crippen LogP contribution in [0.3, 0.4) is 0 Å². The lowest BCUT2D eigenvalue weighted by Gasteiger charge is -2.26. The first-order chi connectivity index (χ1) is 10.1. The molecule has 1 aliphatic carbocycles. The largest absolute Gasteiger partial charge is 0.439 e. The molecular weight excluding hydrogens is 274 g/mol. The van der Waals surface area contributed by atoms with Crippen molar-refractivity contribution in [2.75, 3.05) is 19.7 Å². The average molecular weight is 295 g/mol. The minimum atomic E-state index is -0.584. The van der Waals surface area contributed by atoms with Crippen molar-refractivity contribution in [1.29, 1.82) is 0 Å². The van der Waals surface area contributed by atoms with E-state index in [-0.39, 0.29) is 30.6 Å². The van der Waals surface area contributed by atoms with Gasteiger partial charge in [0.05, 0.1) is 6.04 Å². The molecule has 21 heavy (non-hydrogen) atoms. The number of likely N-dealkylation sites (tertiary alicyclic amines) is 1. The predicted molar refractivity (Wildman–Crippen MR) is 73.6 cm³/mol. The highest BCUT2D eigenvalue weighted by atomic mass is 16.6. The summed E-state index contributed by atoms with van der Waals surface area (Å²) in [5, 5.41) is 3.06. The fraction of sp³-hybridized carbons (Fsp3) is 0.786. The molecule has 116 valence electrons. The first-order valence-electron chi connectivity index (χ1n) is 7.69. The van der Waals surface area contributed by atoms with E-state index in [1.807, 2.05) is 0 Å². The van der Waals surface area contributed by atoms with E-state index in [2.05, 4.69) is 5.32 Å². The fourth-order valence-corrected chi connectivity index (χ4v) is 3.37. The Hall–Kier alpha value is -1.79. The van der Waals surface area contributed by atoms with E-state index >= 15 is 0 Å². The van der Waals surface area contributed by atoms with Gasteiger partial charge in [0, 0.05) is 19.1 Å². The van der Waals surface area contributed by atoms with Gasteiger partial charge in [-0.1, -0.05) is 19.3 Å². The predicted octanol–water partition coefficient (Wildman–Crippen LogP) is 1.08. The van der Waals surface area contributed by atoms with Crippen molar-refractivity contribution < 1.29 is 19.1 Å². The quantitative estimate of drug-likeness (QED) is 0.827. The number of hydrogen-bond acceptors (Lipinski definition) is 4. The summed E-state index contributed by atoms with van der Waals surface area (Å²) < 4.78 is 4.73. The number of carbonyl (C=O) groups is 3. The van der Waals surface area contributed by atoms with Crippen LogP contribution in [0.15, 0.2) is 0 Å². The van der Waals surface area contributed by atoms with Crippen LogP contribution in [0.1, 0.15) is 38.5 Å². The summed E-state index contributed by atoms with van der Waals surface area (Å²) in [7, 11) is 0. The molecule has 3 rings (SSSR count). The number of ether oxygens (including phenoxy) is 1. The number of imide groups is 1. The third-order valence-electron chi connectivity index (χ3n) is 4.53. The molecule has 0 aromatic carbocycles. The highest BCUT2D eigenvalue weighted by molar-refractivity contribution is 5.98. The molecule has 7 heteroatoms. The summed E-state index contributed by atoms with van der Waals surface area (Å²) in [6.07, 6.45) is 5.71. The third-order valence-corrected chi connectivity index (χ3v) is 4.53. The maximum atomic E-state index is 12.2. The summed E-state index contributed by atoms with van der Waals surface area (Å²) in [6, 6.07) is -0.0577. The van der Waals surface area contributed by atoms with E-state index in [0.717, 1.165) is 17.7 Å². The number of carbonyl (C=O) groups excluding carboxylic acids is 3. The molecule has 3 aliphatic rings. The van der Waals surface area contributed by atoms with Crippen molar-refractivity contribution in [1.82, 2.24) is 15.1 Å². The topological polar surface area (TPSA) is 79.0 Å². The van der Waals surface area contributed by atoms with Crippen molar-refractivity contribution in [2.24, 2.45) is 0 Å². The van der Waals surface area contributed by atoms with E-state index in [1.165, 1.54) is 19.3 Å². The molecule has 2 saturated heterocycles. The number of nitrogens with one attached hydrogen (secondary N) is 1. The average Bonchev–Trinajstić information content (AvgIpc) is 3.07. The van der Waals surface area contributed by atoms with Gasteiger partial charge in [-0.3, -0.25) is 4.79 Å². The van der Waals surface area contributed by atoms with Crippen LogP contribution in [0.25, 0.3) is 0 Å². The molecule has 0 radical (unpaired) electrons. The highest BCUT2D eigenvalue weighted by Gasteiger charge is 2.41. The first kappa shape index (κ1) is 14.2. The minimum absolute atomic E-state index is 0.0792. The van der Waals surface area contributed by atoms with Crippen molar-refractivity contribution in [3.8, 4) is 0 Å². The molecule has 4 amide bonds. The second-order valence-corrected chi connectivity index (χ2v) is 5.99. The van der Waals surface area contributed by atoms with Gasteiger partial charge in [-0.25, -0.2) is 14.5 Å². The van der Waals surface area contributed by atoms with Crippen molar-refractivity contribution in [3.05, 3.63) is 0 Å². The summed E-state index contributed by atoms with van der Waals surface area (Å²) >= 11 is 0. The lowest BCUT2D eigenvalue weighted by Crippen LogP contribution is -2.47. The highest BCUT2D eigenvalue weighted by Crippen LogP contribution is 2.21. The zero-order chi connectivity index (χ0) is 14.8. The summed E-state index contributed by atoms with van der Waals surface area (Å²) in [6.45, 7) is 0.795. The normalized spacial score (nSPS) is 27.1. The van der Waals surface area contributed by atoms with Gasteiger partial charge < -0.3 is 15.0 Å². The number of cyclic esters (lactones) is 1. The summed E-state index contributed by atoms with van der Waals surface area (Å²) in [5.74, 6) is -0.306. The van der Waals surface area contributed by atoms with E-state index < -0.39 is 6.09 Å². The van der Waals surface area contributed by atoms with Gasteiger partial charge in [-0.15, -0.1) is 0 Å².